The molecule has 1 unspecified atom stereocenters. The number of aromatic hydroxyl groups is 1. The minimum atomic E-state index is -0.679. The maximum atomic E-state index is 9.22. The number of aliphatic hydroxyl groups is 1. The molecule has 13 heavy (non-hydrogen) atoms. The van der Waals surface area contributed by atoms with E-state index >= 15 is 0 Å². The summed E-state index contributed by atoms with van der Waals surface area (Å²) in [6, 6.07) is 6.44. The van der Waals surface area contributed by atoms with Gasteiger partial charge in [-0.15, -0.1) is 0 Å². The van der Waals surface area contributed by atoms with E-state index in [1.165, 1.54) is 6.07 Å². The zero-order valence-electron chi connectivity index (χ0n) is 8.07. The molecule has 0 saturated carbocycles. The monoisotopic (exact) mass is 183 g/mol. The third-order valence-electron chi connectivity index (χ3n) is 1.48. The second-order valence-corrected chi connectivity index (χ2v) is 2.35. The lowest BCUT2D eigenvalue weighted by atomic mass is 10.1. The number of aliphatic hydroxyl groups excluding tert-OH is 1. The summed E-state index contributed by atoms with van der Waals surface area (Å²) in [7, 11) is 0. The van der Waals surface area contributed by atoms with E-state index in [1.807, 2.05) is 13.8 Å². The van der Waals surface area contributed by atoms with Crippen molar-refractivity contribution in [2.24, 2.45) is 5.73 Å². The first-order chi connectivity index (χ1) is 6.24. The van der Waals surface area contributed by atoms with Gasteiger partial charge in [-0.1, -0.05) is 26.0 Å². The summed E-state index contributed by atoms with van der Waals surface area (Å²) >= 11 is 0. The molecule has 0 amide bonds. The van der Waals surface area contributed by atoms with E-state index in [9.17, 15) is 5.11 Å². The van der Waals surface area contributed by atoms with Crippen LogP contribution in [0.4, 0.5) is 0 Å². The number of hydrogen-bond acceptors (Lipinski definition) is 3. The van der Waals surface area contributed by atoms with Crippen LogP contribution in [-0.2, 0) is 0 Å². The Morgan fingerprint density at radius 3 is 2.46 bits per heavy atom. The smallest absolute Gasteiger partial charge is 0.115 e. The highest BCUT2D eigenvalue weighted by atomic mass is 16.3. The van der Waals surface area contributed by atoms with Gasteiger partial charge in [-0.25, -0.2) is 0 Å². The van der Waals surface area contributed by atoms with Crippen molar-refractivity contribution in [1.82, 2.24) is 0 Å². The molecule has 1 rings (SSSR count). The fraction of sp³-hybridized carbons (Fsp3) is 0.400. The third kappa shape index (κ3) is 3.92. The lowest BCUT2D eigenvalue weighted by Crippen LogP contribution is -2.11. The van der Waals surface area contributed by atoms with Gasteiger partial charge >= 0.3 is 0 Å². The van der Waals surface area contributed by atoms with Crippen LogP contribution >= 0.6 is 0 Å². The molecular formula is C10H17NO2. The number of phenols is 1. The SMILES string of the molecule is CC.NCC(O)c1cccc(O)c1. The number of benzene rings is 1. The van der Waals surface area contributed by atoms with Gasteiger partial charge in [-0.05, 0) is 17.7 Å². The zero-order chi connectivity index (χ0) is 10.3. The van der Waals surface area contributed by atoms with Crippen molar-refractivity contribution in [2.45, 2.75) is 20.0 Å². The fourth-order valence-electron chi connectivity index (χ4n) is 0.868. The van der Waals surface area contributed by atoms with Gasteiger partial charge in [0.2, 0.25) is 0 Å². The van der Waals surface area contributed by atoms with Crippen LogP contribution in [0.5, 0.6) is 5.75 Å². The van der Waals surface area contributed by atoms with E-state index in [0.717, 1.165) is 0 Å². The van der Waals surface area contributed by atoms with E-state index in [1.54, 1.807) is 18.2 Å². The molecule has 0 bridgehead atoms. The van der Waals surface area contributed by atoms with Crippen LogP contribution < -0.4 is 5.73 Å². The van der Waals surface area contributed by atoms with Crippen LogP contribution in [0, 0.1) is 0 Å². The molecule has 0 spiro atoms. The lowest BCUT2D eigenvalue weighted by molar-refractivity contribution is 0.186. The summed E-state index contributed by atoms with van der Waals surface area (Å²) in [4.78, 5) is 0. The Bertz CT molecular complexity index is 238. The Morgan fingerprint density at radius 1 is 1.38 bits per heavy atom. The van der Waals surface area contributed by atoms with E-state index < -0.39 is 6.10 Å². The minimum Gasteiger partial charge on any atom is -0.508 e. The van der Waals surface area contributed by atoms with Crippen molar-refractivity contribution < 1.29 is 10.2 Å². The maximum Gasteiger partial charge on any atom is 0.115 e. The predicted molar refractivity (Wildman–Crippen MR) is 53.5 cm³/mol. The predicted octanol–water partition coefficient (Wildman–Crippen LogP) is 1.41. The molecule has 0 saturated heterocycles. The minimum absolute atomic E-state index is 0.148. The second kappa shape index (κ2) is 6.46. The van der Waals surface area contributed by atoms with Gasteiger partial charge in [-0.2, -0.15) is 0 Å². The zero-order valence-corrected chi connectivity index (χ0v) is 8.07. The number of hydrogen-bond donors (Lipinski definition) is 3. The quantitative estimate of drug-likeness (QED) is 0.649. The molecule has 0 fully saturated rings. The molecule has 0 radical (unpaired) electrons. The summed E-state index contributed by atoms with van der Waals surface area (Å²) in [5.74, 6) is 0.148. The number of nitrogens with two attached hydrogens (primary N) is 1. The van der Waals surface area contributed by atoms with Crippen LogP contribution in [0.15, 0.2) is 24.3 Å². The molecule has 0 aliphatic heterocycles. The van der Waals surface area contributed by atoms with E-state index in [2.05, 4.69) is 0 Å². The van der Waals surface area contributed by atoms with Crippen LogP contribution in [0.25, 0.3) is 0 Å². The topological polar surface area (TPSA) is 66.5 Å². The van der Waals surface area contributed by atoms with Crippen LogP contribution in [-0.4, -0.2) is 16.8 Å². The van der Waals surface area contributed by atoms with Gasteiger partial charge in [-0.3, -0.25) is 0 Å². The summed E-state index contributed by atoms with van der Waals surface area (Å²) in [6.45, 7) is 4.17. The fourth-order valence-corrected chi connectivity index (χ4v) is 0.868. The summed E-state index contributed by atoms with van der Waals surface area (Å²) in [6.07, 6.45) is -0.679. The normalized spacial score (nSPS) is 11.4. The molecule has 3 heteroatoms. The Balaban J connectivity index is 0.000000671. The first-order valence-electron chi connectivity index (χ1n) is 4.41. The van der Waals surface area contributed by atoms with E-state index in [0.29, 0.717) is 5.56 Å². The van der Waals surface area contributed by atoms with Crippen molar-refractivity contribution in [3.8, 4) is 5.75 Å². The molecule has 4 N–H and O–H groups in total. The molecule has 0 heterocycles. The van der Waals surface area contributed by atoms with Crippen molar-refractivity contribution >= 4 is 0 Å². The summed E-state index contributed by atoms with van der Waals surface area (Å²) in [5.41, 5.74) is 5.87. The molecule has 3 nitrogen and oxygen atoms in total. The van der Waals surface area contributed by atoms with Gasteiger partial charge < -0.3 is 15.9 Å². The van der Waals surface area contributed by atoms with Gasteiger partial charge in [0.1, 0.15) is 5.75 Å². The average Bonchev–Trinajstić information content (AvgIpc) is 2.20. The van der Waals surface area contributed by atoms with Gasteiger partial charge in [0.25, 0.3) is 0 Å². The largest absolute Gasteiger partial charge is 0.508 e. The number of phenolic OH excluding ortho intramolecular Hbond substituents is 1. The van der Waals surface area contributed by atoms with Crippen molar-refractivity contribution in [3.05, 3.63) is 29.8 Å². The number of rotatable bonds is 2. The molecule has 0 aliphatic rings. The molecule has 1 aromatic rings. The lowest BCUT2D eigenvalue weighted by Gasteiger charge is -2.06. The first kappa shape index (κ1) is 11.9. The summed E-state index contributed by atoms with van der Waals surface area (Å²) < 4.78 is 0. The highest BCUT2D eigenvalue weighted by Crippen LogP contribution is 2.16. The Labute approximate surface area is 78.8 Å². The van der Waals surface area contributed by atoms with Gasteiger partial charge in [0.15, 0.2) is 0 Å². The molecular weight excluding hydrogens is 166 g/mol. The highest BCUT2D eigenvalue weighted by molar-refractivity contribution is 5.28. The maximum absolute atomic E-state index is 9.22. The summed E-state index contributed by atoms with van der Waals surface area (Å²) in [5, 5.41) is 18.2. The van der Waals surface area contributed by atoms with Crippen molar-refractivity contribution in [1.29, 1.82) is 0 Å². The molecule has 0 aliphatic carbocycles. The molecule has 1 aromatic carbocycles. The standard InChI is InChI=1S/C8H11NO2.C2H6/c9-5-8(11)6-2-1-3-7(10)4-6;1-2/h1-4,8,10-11H,5,9H2;1-2H3. The Kier molecular flexibility index (Phi) is 5.93. The van der Waals surface area contributed by atoms with Crippen LogP contribution in [0.3, 0.4) is 0 Å². The Morgan fingerprint density at radius 2 is 2.00 bits per heavy atom. The Hall–Kier alpha value is -1.06. The van der Waals surface area contributed by atoms with Crippen LogP contribution in [0.1, 0.15) is 25.5 Å². The average molecular weight is 183 g/mol. The van der Waals surface area contributed by atoms with Crippen molar-refractivity contribution in [3.63, 3.8) is 0 Å². The van der Waals surface area contributed by atoms with Gasteiger partial charge in [0, 0.05) is 6.54 Å². The molecule has 0 aromatic heterocycles. The third-order valence-corrected chi connectivity index (χ3v) is 1.48. The van der Waals surface area contributed by atoms with Gasteiger partial charge in [0.05, 0.1) is 6.10 Å². The highest BCUT2D eigenvalue weighted by Gasteiger charge is 2.03. The first-order valence-corrected chi connectivity index (χ1v) is 4.41. The second-order valence-electron chi connectivity index (χ2n) is 2.35. The van der Waals surface area contributed by atoms with Crippen molar-refractivity contribution in [2.75, 3.05) is 6.54 Å². The molecule has 74 valence electrons. The van der Waals surface area contributed by atoms with E-state index in [-0.39, 0.29) is 12.3 Å². The van der Waals surface area contributed by atoms with E-state index in [4.69, 9.17) is 10.8 Å². The van der Waals surface area contributed by atoms with Crippen LogP contribution in [0.2, 0.25) is 0 Å². The molecule has 1 atom stereocenters.